The van der Waals surface area contributed by atoms with Gasteiger partial charge in [-0.3, -0.25) is 4.79 Å². The number of fused-ring (bicyclic) bond motifs is 1. The van der Waals surface area contributed by atoms with E-state index in [1.807, 2.05) is 24.3 Å². The van der Waals surface area contributed by atoms with Gasteiger partial charge in [-0.25, -0.2) is 4.68 Å². The molecule has 1 aromatic heterocycles. The van der Waals surface area contributed by atoms with E-state index in [0.29, 0.717) is 29.0 Å². The highest BCUT2D eigenvalue weighted by Crippen LogP contribution is 2.36. The lowest BCUT2D eigenvalue weighted by Gasteiger charge is -2.29. The number of hydrogen-bond acceptors (Lipinski definition) is 4. The number of carbonyl (C=O) groups is 1. The van der Waals surface area contributed by atoms with Crippen LogP contribution in [-0.4, -0.2) is 20.7 Å². The number of aryl methyl sites for hydroxylation is 1. The highest BCUT2D eigenvalue weighted by molar-refractivity contribution is 6.06. The summed E-state index contributed by atoms with van der Waals surface area (Å²) in [5, 5.41) is 10.2. The zero-order chi connectivity index (χ0) is 23.9. The standard InChI is InChI=1S/C24H24F3N5O/c1-13(2)16-8-10-17(11-9-16)21-20(14(3)28-23-29-15(4)31-32(21)23)22(33)30-19-7-5-6-18(12-19)24(25,26)27/h5-13,21H,1-4H3,(H,30,33)(H,28,29,31). The molecule has 2 aromatic carbocycles. The van der Waals surface area contributed by atoms with Crippen molar-refractivity contribution in [2.45, 2.75) is 45.8 Å². The molecule has 0 spiro atoms. The van der Waals surface area contributed by atoms with E-state index in [1.165, 1.54) is 12.1 Å². The van der Waals surface area contributed by atoms with Crippen LogP contribution in [0.25, 0.3) is 0 Å². The van der Waals surface area contributed by atoms with Crippen molar-refractivity contribution in [1.29, 1.82) is 0 Å². The first-order chi connectivity index (χ1) is 15.5. The Hall–Kier alpha value is -3.62. The summed E-state index contributed by atoms with van der Waals surface area (Å²) in [4.78, 5) is 17.8. The largest absolute Gasteiger partial charge is 0.416 e. The van der Waals surface area contributed by atoms with Crippen LogP contribution in [-0.2, 0) is 11.0 Å². The number of aromatic nitrogens is 3. The fourth-order valence-corrected chi connectivity index (χ4v) is 3.90. The Balaban J connectivity index is 1.74. The minimum Gasteiger partial charge on any atom is -0.328 e. The molecule has 0 bridgehead atoms. The van der Waals surface area contributed by atoms with Crippen LogP contribution in [0, 0.1) is 6.92 Å². The number of halogens is 3. The fourth-order valence-electron chi connectivity index (χ4n) is 3.90. The number of allylic oxidation sites excluding steroid dienone is 1. The van der Waals surface area contributed by atoms with Crippen molar-refractivity contribution < 1.29 is 18.0 Å². The lowest BCUT2D eigenvalue weighted by Crippen LogP contribution is -2.31. The SMILES string of the molecule is CC1=C(C(=O)Nc2cccc(C(F)(F)F)c2)C(c2ccc(C(C)C)cc2)n2nc(C)nc2N1. The first kappa shape index (κ1) is 22.6. The molecule has 0 aliphatic carbocycles. The second-order valence-corrected chi connectivity index (χ2v) is 8.35. The van der Waals surface area contributed by atoms with Gasteiger partial charge in [-0.1, -0.05) is 44.2 Å². The van der Waals surface area contributed by atoms with Crippen molar-refractivity contribution in [1.82, 2.24) is 14.8 Å². The number of amides is 1. The molecule has 3 aromatic rings. The summed E-state index contributed by atoms with van der Waals surface area (Å²) in [7, 11) is 0. The number of anilines is 2. The molecule has 33 heavy (non-hydrogen) atoms. The van der Waals surface area contributed by atoms with Crippen molar-refractivity contribution >= 4 is 17.5 Å². The maximum atomic E-state index is 13.4. The Morgan fingerprint density at radius 1 is 1.12 bits per heavy atom. The summed E-state index contributed by atoms with van der Waals surface area (Å²) in [6.45, 7) is 7.68. The molecule has 172 valence electrons. The molecule has 0 fully saturated rings. The van der Waals surface area contributed by atoms with Crippen molar-refractivity contribution in [2.24, 2.45) is 0 Å². The zero-order valence-corrected chi connectivity index (χ0v) is 18.7. The Morgan fingerprint density at radius 2 is 1.82 bits per heavy atom. The van der Waals surface area contributed by atoms with Crippen molar-refractivity contribution in [3.63, 3.8) is 0 Å². The molecule has 0 radical (unpaired) electrons. The molecule has 4 rings (SSSR count). The number of alkyl halides is 3. The van der Waals surface area contributed by atoms with Gasteiger partial charge in [-0.2, -0.15) is 23.3 Å². The maximum Gasteiger partial charge on any atom is 0.416 e. The molecule has 1 unspecified atom stereocenters. The van der Waals surface area contributed by atoms with E-state index in [4.69, 9.17) is 0 Å². The average Bonchev–Trinajstić information content (AvgIpc) is 3.11. The zero-order valence-electron chi connectivity index (χ0n) is 18.7. The van der Waals surface area contributed by atoms with Crippen LogP contribution in [0.4, 0.5) is 24.8 Å². The molecule has 9 heteroatoms. The highest BCUT2D eigenvalue weighted by atomic mass is 19.4. The number of hydrogen-bond donors (Lipinski definition) is 2. The van der Waals surface area contributed by atoms with Crippen LogP contribution in [0.3, 0.4) is 0 Å². The van der Waals surface area contributed by atoms with E-state index in [9.17, 15) is 18.0 Å². The predicted octanol–water partition coefficient (Wildman–Crippen LogP) is 5.66. The number of nitrogens with one attached hydrogen (secondary N) is 2. The number of nitrogens with zero attached hydrogens (tertiary/aromatic N) is 3. The monoisotopic (exact) mass is 455 g/mol. The Bertz CT molecular complexity index is 1230. The van der Waals surface area contributed by atoms with E-state index in [-0.39, 0.29) is 5.69 Å². The summed E-state index contributed by atoms with van der Waals surface area (Å²) >= 11 is 0. The Morgan fingerprint density at radius 3 is 2.45 bits per heavy atom. The first-order valence-electron chi connectivity index (χ1n) is 10.5. The molecule has 1 atom stereocenters. The lowest BCUT2D eigenvalue weighted by molar-refractivity contribution is -0.137. The second-order valence-electron chi connectivity index (χ2n) is 8.35. The van der Waals surface area contributed by atoms with Gasteiger partial charge in [0.2, 0.25) is 5.95 Å². The Kier molecular flexibility index (Phi) is 5.73. The van der Waals surface area contributed by atoms with Crippen molar-refractivity contribution in [2.75, 3.05) is 10.6 Å². The van der Waals surface area contributed by atoms with Gasteiger partial charge in [0.25, 0.3) is 5.91 Å². The Labute approximate surface area is 189 Å². The van der Waals surface area contributed by atoms with E-state index in [0.717, 1.165) is 23.3 Å². The fraction of sp³-hybridized carbons (Fsp3) is 0.292. The smallest absolute Gasteiger partial charge is 0.328 e. The minimum atomic E-state index is -4.50. The number of rotatable bonds is 4. The van der Waals surface area contributed by atoms with Gasteiger partial charge in [0.1, 0.15) is 11.9 Å². The highest BCUT2D eigenvalue weighted by Gasteiger charge is 2.35. The topological polar surface area (TPSA) is 71.8 Å². The predicted molar refractivity (Wildman–Crippen MR) is 120 cm³/mol. The summed E-state index contributed by atoms with van der Waals surface area (Å²) in [5.41, 5.74) is 2.10. The number of benzene rings is 2. The van der Waals surface area contributed by atoms with Crippen LogP contribution in [0.5, 0.6) is 0 Å². The van der Waals surface area contributed by atoms with Crippen LogP contribution in [0.2, 0.25) is 0 Å². The lowest BCUT2D eigenvalue weighted by atomic mass is 9.92. The third-order valence-corrected chi connectivity index (χ3v) is 5.57. The summed E-state index contributed by atoms with van der Waals surface area (Å²) < 4.78 is 41.0. The normalized spacial score (nSPS) is 15.9. The molecule has 6 nitrogen and oxygen atoms in total. The summed E-state index contributed by atoms with van der Waals surface area (Å²) in [6, 6.07) is 11.9. The molecule has 1 aliphatic rings. The minimum absolute atomic E-state index is 0.0598. The van der Waals surface area contributed by atoms with Gasteiger partial charge >= 0.3 is 6.18 Å². The van der Waals surface area contributed by atoms with Crippen molar-refractivity contribution in [3.05, 3.63) is 82.3 Å². The molecule has 0 saturated carbocycles. The second kappa shape index (κ2) is 8.38. The van der Waals surface area contributed by atoms with Gasteiger partial charge in [0.15, 0.2) is 0 Å². The average molecular weight is 455 g/mol. The number of carbonyl (C=O) groups excluding carboxylic acids is 1. The maximum absolute atomic E-state index is 13.4. The van der Waals surface area contributed by atoms with Crippen LogP contribution < -0.4 is 10.6 Å². The molecule has 2 heterocycles. The van der Waals surface area contributed by atoms with Crippen LogP contribution in [0.1, 0.15) is 55.2 Å². The summed E-state index contributed by atoms with van der Waals surface area (Å²) in [6.07, 6.45) is -4.50. The van der Waals surface area contributed by atoms with Gasteiger partial charge in [-0.05, 0) is 49.1 Å². The van der Waals surface area contributed by atoms with Crippen LogP contribution >= 0.6 is 0 Å². The first-order valence-corrected chi connectivity index (χ1v) is 10.5. The van der Waals surface area contributed by atoms with E-state index < -0.39 is 23.7 Å². The van der Waals surface area contributed by atoms with Crippen molar-refractivity contribution in [3.8, 4) is 0 Å². The van der Waals surface area contributed by atoms with E-state index in [1.54, 1.807) is 18.5 Å². The summed E-state index contributed by atoms with van der Waals surface area (Å²) in [5.74, 6) is 0.862. The molecular formula is C24H24F3N5O. The van der Waals surface area contributed by atoms with E-state index in [2.05, 4.69) is 34.6 Å². The molecule has 1 amide bonds. The van der Waals surface area contributed by atoms with Gasteiger partial charge in [0.05, 0.1) is 11.1 Å². The molecule has 1 aliphatic heterocycles. The molecular weight excluding hydrogens is 431 g/mol. The van der Waals surface area contributed by atoms with Crippen LogP contribution in [0.15, 0.2) is 59.8 Å². The quantitative estimate of drug-likeness (QED) is 0.533. The third-order valence-electron chi connectivity index (χ3n) is 5.57. The van der Waals surface area contributed by atoms with Gasteiger partial charge in [-0.15, -0.1) is 0 Å². The third kappa shape index (κ3) is 4.48. The van der Waals surface area contributed by atoms with Gasteiger partial charge < -0.3 is 10.6 Å². The molecule has 0 saturated heterocycles. The van der Waals surface area contributed by atoms with E-state index >= 15 is 0 Å². The molecule has 2 N–H and O–H groups in total. The van der Waals surface area contributed by atoms with Gasteiger partial charge in [0, 0.05) is 11.4 Å².